The Morgan fingerprint density at radius 1 is 1.10 bits per heavy atom. The fraction of sp³-hybridized carbons (Fsp3) is 0.280. The van der Waals surface area contributed by atoms with Gasteiger partial charge in [-0.15, -0.1) is 0 Å². The first-order valence-electron chi connectivity index (χ1n) is 12.1. The molecule has 1 aliphatic carbocycles. The summed E-state index contributed by atoms with van der Waals surface area (Å²) in [4.78, 5) is 36.5. The third-order valence-electron chi connectivity index (χ3n) is 5.66. The van der Waals surface area contributed by atoms with Crippen LogP contribution in [-0.4, -0.2) is 65.4 Å². The van der Waals surface area contributed by atoms with E-state index in [1.165, 1.54) is 35.6 Å². The molecule has 0 saturated heterocycles. The van der Waals surface area contributed by atoms with Gasteiger partial charge in [0, 0.05) is 30.6 Å². The molecule has 39 heavy (non-hydrogen) atoms. The van der Waals surface area contributed by atoms with E-state index in [2.05, 4.69) is 35.7 Å². The number of carbonyl (C=O) groups excluding carboxylic acids is 1. The van der Waals surface area contributed by atoms with Crippen LogP contribution in [0.2, 0.25) is 0 Å². The van der Waals surface area contributed by atoms with Crippen LogP contribution in [0.4, 0.5) is 5.13 Å². The van der Waals surface area contributed by atoms with Crippen LogP contribution in [0.1, 0.15) is 24.2 Å². The average Bonchev–Trinajstić information content (AvgIpc) is 3.73. The molecule has 1 amide bonds. The van der Waals surface area contributed by atoms with Gasteiger partial charge in [0.1, 0.15) is 17.0 Å². The molecule has 1 fully saturated rings. The molecule has 202 valence electrons. The molecular formula is C25H25N7O5S2. The number of amides is 1. The Morgan fingerprint density at radius 2 is 1.87 bits per heavy atom. The van der Waals surface area contributed by atoms with E-state index in [9.17, 15) is 13.2 Å². The van der Waals surface area contributed by atoms with Gasteiger partial charge in [0.25, 0.3) is 5.91 Å². The summed E-state index contributed by atoms with van der Waals surface area (Å²) in [6.07, 6.45) is 4.46. The first-order valence-corrected chi connectivity index (χ1v) is 14.5. The van der Waals surface area contributed by atoms with Crippen molar-refractivity contribution < 1.29 is 22.8 Å². The van der Waals surface area contributed by atoms with Crippen molar-refractivity contribution in [3.8, 4) is 5.88 Å². The number of anilines is 1. The Balaban J connectivity index is 1.36. The lowest BCUT2D eigenvalue weighted by atomic mass is 10.1. The van der Waals surface area contributed by atoms with Crippen LogP contribution in [0.15, 0.2) is 64.9 Å². The number of ether oxygens (including phenoxy) is 1. The molecule has 0 unspecified atom stereocenters. The highest BCUT2D eigenvalue weighted by molar-refractivity contribution is 7.92. The molecule has 12 nitrogen and oxygen atoms in total. The molecule has 0 aliphatic heterocycles. The molecule has 0 radical (unpaired) electrons. The molecule has 0 spiro atoms. The highest BCUT2D eigenvalue weighted by Crippen LogP contribution is 2.33. The Labute approximate surface area is 228 Å². The van der Waals surface area contributed by atoms with Gasteiger partial charge in [0.15, 0.2) is 33.1 Å². The van der Waals surface area contributed by atoms with Crippen molar-refractivity contribution in [2.24, 2.45) is 5.16 Å². The fourth-order valence-corrected chi connectivity index (χ4v) is 5.99. The quantitative estimate of drug-likeness (QED) is 0.148. The van der Waals surface area contributed by atoms with Crippen molar-refractivity contribution in [1.82, 2.24) is 25.3 Å². The number of nitrogens with zero attached hydrogens (tertiary/aromatic N) is 5. The number of oxime groups is 1. The predicted molar refractivity (Wildman–Crippen MR) is 145 cm³/mol. The van der Waals surface area contributed by atoms with Gasteiger partial charge in [0.2, 0.25) is 5.88 Å². The molecule has 1 aromatic carbocycles. The minimum absolute atomic E-state index is 0.0624. The second kappa shape index (κ2) is 11.8. The third-order valence-corrected chi connectivity index (χ3v) is 8.81. The fourth-order valence-electron chi connectivity index (χ4n) is 3.51. The van der Waals surface area contributed by atoms with Gasteiger partial charge in [-0.25, -0.2) is 28.4 Å². The van der Waals surface area contributed by atoms with Crippen LogP contribution in [-0.2, 0) is 26.1 Å². The van der Waals surface area contributed by atoms with Crippen molar-refractivity contribution >= 4 is 48.3 Å². The molecule has 1 aliphatic rings. The second-order valence-electron chi connectivity index (χ2n) is 8.55. The molecule has 1 saturated carbocycles. The summed E-state index contributed by atoms with van der Waals surface area (Å²) in [5.41, 5.74) is 0.905. The Hall–Kier alpha value is -4.01. The van der Waals surface area contributed by atoms with Gasteiger partial charge in [-0.05, 0) is 44.2 Å². The summed E-state index contributed by atoms with van der Waals surface area (Å²) in [5, 5.41) is 9.75. The van der Waals surface area contributed by atoms with Crippen LogP contribution in [0.25, 0.3) is 10.3 Å². The first-order chi connectivity index (χ1) is 18.9. The maximum atomic E-state index is 13.3. The number of fused-ring (bicyclic) bond motifs is 1. The summed E-state index contributed by atoms with van der Waals surface area (Å²) < 4.78 is 30.8. The summed E-state index contributed by atoms with van der Waals surface area (Å²) in [7, 11) is -1.54. The average molecular weight is 568 g/mol. The summed E-state index contributed by atoms with van der Waals surface area (Å²) >= 11 is 1.18. The predicted octanol–water partition coefficient (Wildman–Crippen LogP) is 2.58. The lowest BCUT2D eigenvalue weighted by molar-refractivity contribution is -0.110. The number of thiazole rings is 1. The zero-order chi connectivity index (χ0) is 27.2. The first kappa shape index (κ1) is 26.6. The zero-order valence-corrected chi connectivity index (χ0v) is 22.5. The van der Waals surface area contributed by atoms with Crippen LogP contribution in [0, 0.1) is 0 Å². The van der Waals surface area contributed by atoms with Crippen molar-refractivity contribution in [2.75, 3.05) is 25.5 Å². The number of aromatic nitrogens is 4. The summed E-state index contributed by atoms with van der Waals surface area (Å²) in [6.45, 7) is 1.08. The number of nitrogens with one attached hydrogen (secondary N) is 2. The van der Waals surface area contributed by atoms with Crippen molar-refractivity contribution in [3.05, 3.63) is 66.2 Å². The van der Waals surface area contributed by atoms with Crippen LogP contribution in [0.5, 0.6) is 5.88 Å². The topological polar surface area (TPSA) is 158 Å². The van der Waals surface area contributed by atoms with Gasteiger partial charge in [-0.2, -0.15) is 0 Å². The molecule has 3 heterocycles. The van der Waals surface area contributed by atoms with E-state index in [0.717, 1.165) is 0 Å². The lowest BCUT2D eigenvalue weighted by Gasteiger charge is -2.08. The van der Waals surface area contributed by atoms with Crippen molar-refractivity contribution in [2.45, 2.75) is 29.6 Å². The molecule has 2 N–H and O–H groups in total. The largest absolute Gasteiger partial charge is 0.476 e. The Morgan fingerprint density at radius 3 is 2.59 bits per heavy atom. The SMILES string of the molecule is CNCCOc1ccc2nc(NC(=O)C(=NOCc3ncccn3)c3ccc(S(=O)(=O)C4CC4)cc3)sc2n1. The monoisotopic (exact) mass is 567 g/mol. The minimum atomic E-state index is -3.37. The normalized spacial score (nSPS) is 13.8. The second-order valence-corrected chi connectivity index (χ2v) is 11.8. The number of sulfone groups is 1. The number of rotatable bonds is 12. The highest BCUT2D eigenvalue weighted by atomic mass is 32.2. The highest BCUT2D eigenvalue weighted by Gasteiger charge is 2.36. The number of carbonyl (C=O) groups is 1. The molecule has 3 aromatic heterocycles. The lowest BCUT2D eigenvalue weighted by Crippen LogP contribution is -2.24. The zero-order valence-electron chi connectivity index (χ0n) is 20.9. The molecular weight excluding hydrogens is 542 g/mol. The standard InChI is InChI=1S/C25H25N7O5S2/c1-26-13-14-36-21-10-9-19-24(30-21)38-25(29-19)31-23(33)22(32-37-15-20-27-11-2-12-28-20)16-3-5-17(6-4-16)39(34,35)18-7-8-18/h2-6,9-12,18,26H,7-8,13-15H2,1H3,(H,29,31,33). The van der Waals surface area contributed by atoms with E-state index in [1.54, 1.807) is 30.6 Å². The van der Waals surface area contributed by atoms with Gasteiger partial charge in [-0.3, -0.25) is 10.1 Å². The Kier molecular flexibility index (Phi) is 8.05. The summed E-state index contributed by atoms with van der Waals surface area (Å²) in [5.74, 6) is 0.252. The van der Waals surface area contributed by atoms with Crippen LogP contribution in [0.3, 0.4) is 0 Å². The number of benzene rings is 1. The van der Waals surface area contributed by atoms with E-state index >= 15 is 0 Å². The summed E-state index contributed by atoms with van der Waals surface area (Å²) in [6, 6.07) is 11.2. The van der Waals surface area contributed by atoms with Gasteiger partial charge < -0.3 is 14.9 Å². The van der Waals surface area contributed by atoms with Gasteiger partial charge in [-0.1, -0.05) is 28.6 Å². The molecule has 0 bridgehead atoms. The van der Waals surface area contributed by atoms with Crippen LogP contribution < -0.4 is 15.4 Å². The van der Waals surface area contributed by atoms with E-state index in [1.807, 2.05) is 7.05 Å². The van der Waals surface area contributed by atoms with Crippen molar-refractivity contribution in [3.63, 3.8) is 0 Å². The van der Waals surface area contributed by atoms with E-state index in [-0.39, 0.29) is 22.5 Å². The third kappa shape index (κ3) is 6.53. The maximum absolute atomic E-state index is 13.3. The number of hydrogen-bond donors (Lipinski definition) is 2. The smallest absolute Gasteiger partial charge is 0.280 e. The maximum Gasteiger partial charge on any atom is 0.280 e. The Bertz CT molecular complexity index is 1590. The van der Waals surface area contributed by atoms with E-state index in [0.29, 0.717) is 58.7 Å². The van der Waals surface area contributed by atoms with Gasteiger partial charge >= 0.3 is 0 Å². The number of likely N-dealkylation sites (N-methyl/N-ethyl adjacent to an activating group) is 1. The van der Waals surface area contributed by atoms with Gasteiger partial charge in [0.05, 0.1) is 10.1 Å². The molecule has 14 heteroatoms. The van der Waals surface area contributed by atoms with Crippen molar-refractivity contribution in [1.29, 1.82) is 0 Å². The minimum Gasteiger partial charge on any atom is -0.476 e. The van der Waals surface area contributed by atoms with E-state index in [4.69, 9.17) is 9.57 Å². The van der Waals surface area contributed by atoms with Crippen LogP contribution >= 0.6 is 11.3 Å². The van der Waals surface area contributed by atoms with E-state index < -0.39 is 15.7 Å². The number of pyridine rings is 1. The molecule has 0 atom stereocenters. The number of hydrogen-bond acceptors (Lipinski definition) is 12. The molecule has 4 aromatic rings. The molecule has 5 rings (SSSR count).